The number of likely N-dealkylation sites (tertiary alicyclic amines) is 1. The van der Waals surface area contributed by atoms with Crippen molar-refractivity contribution in [2.75, 3.05) is 26.3 Å². The summed E-state index contributed by atoms with van der Waals surface area (Å²) in [4.78, 5) is 41.7. The summed E-state index contributed by atoms with van der Waals surface area (Å²) in [6, 6.07) is 14.1. The maximum atomic E-state index is 13.3. The molecule has 2 aliphatic rings. The standard InChI is InChI=1S/C30H31N7O5S/c1-36-24-7-6-20(10-21(24)13-35-36)18-2-4-19(5-3-18)28(39)34-15-26(38)37-17-30(41-8-9-42-30)12-25(37)29(40)33-14-23-11-22(16-43-23)27(31)32/h2-7,10-11,13,16,25H,8-9,12,14-15,17H2,1H3,(H3,31,32)(H,33,40)(H,34,39)/t25-/m0/s1. The molecule has 6 rings (SSSR count). The molecule has 4 heterocycles. The average molecular weight is 602 g/mol. The van der Waals surface area contributed by atoms with E-state index < -0.39 is 23.6 Å². The largest absolute Gasteiger partial charge is 0.384 e. The van der Waals surface area contributed by atoms with Crippen LogP contribution in [-0.4, -0.2) is 76.4 Å². The molecular formula is C30H31N7O5S. The van der Waals surface area contributed by atoms with Crippen molar-refractivity contribution in [3.05, 3.63) is 76.1 Å². The molecule has 5 N–H and O–H groups in total. The van der Waals surface area contributed by atoms with Crippen LogP contribution < -0.4 is 16.4 Å². The quantitative estimate of drug-likeness (QED) is 0.177. The molecule has 0 saturated carbocycles. The number of fused-ring (bicyclic) bond motifs is 1. The van der Waals surface area contributed by atoms with Gasteiger partial charge in [0.1, 0.15) is 11.9 Å². The zero-order valence-corrected chi connectivity index (χ0v) is 24.3. The molecule has 1 atom stereocenters. The van der Waals surface area contributed by atoms with Crippen LogP contribution in [0.2, 0.25) is 0 Å². The summed E-state index contributed by atoms with van der Waals surface area (Å²) in [6.07, 6.45) is 2.00. The minimum Gasteiger partial charge on any atom is -0.384 e. The van der Waals surface area contributed by atoms with Gasteiger partial charge in [-0.3, -0.25) is 24.5 Å². The van der Waals surface area contributed by atoms with Gasteiger partial charge in [0, 0.05) is 40.2 Å². The Kier molecular flexibility index (Phi) is 7.69. The van der Waals surface area contributed by atoms with Crippen LogP contribution in [0.3, 0.4) is 0 Å². The topological polar surface area (TPSA) is 165 Å². The Hall–Kier alpha value is -4.59. The van der Waals surface area contributed by atoms with E-state index in [1.807, 2.05) is 48.3 Å². The Bertz CT molecular complexity index is 1710. The van der Waals surface area contributed by atoms with Gasteiger partial charge in [-0.2, -0.15) is 5.10 Å². The molecule has 1 spiro atoms. The predicted octanol–water partition coefficient (Wildman–Crippen LogP) is 1.98. The van der Waals surface area contributed by atoms with Crippen LogP contribution in [0.4, 0.5) is 0 Å². The van der Waals surface area contributed by atoms with E-state index in [2.05, 4.69) is 15.7 Å². The van der Waals surface area contributed by atoms with E-state index in [1.54, 1.807) is 23.6 Å². The van der Waals surface area contributed by atoms with Crippen molar-refractivity contribution in [1.29, 1.82) is 5.41 Å². The summed E-state index contributed by atoms with van der Waals surface area (Å²) in [5.41, 5.74) is 9.52. The number of aromatic nitrogens is 2. The first kappa shape index (κ1) is 28.5. The number of nitrogen functional groups attached to an aromatic ring is 1. The SMILES string of the molecule is Cn1ncc2cc(-c3ccc(C(=O)NCC(=O)N4CC5(C[C@H]4C(=O)NCc4cc(C(=N)N)cs4)OCCO5)cc3)ccc21. The number of hydrogen-bond acceptors (Lipinski definition) is 8. The fraction of sp³-hybridized carbons (Fsp3) is 0.300. The van der Waals surface area contributed by atoms with Gasteiger partial charge in [0.15, 0.2) is 5.79 Å². The molecule has 0 unspecified atom stereocenters. The molecule has 12 nitrogen and oxygen atoms in total. The van der Waals surface area contributed by atoms with Crippen LogP contribution in [0.1, 0.15) is 27.2 Å². The molecule has 0 bridgehead atoms. The van der Waals surface area contributed by atoms with Crippen LogP contribution in [-0.2, 0) is 32.7 Å². The lowest BCUT2D eigenvalue weighted by Gasteiger charge is -2.24. The van der Waals surface area contributed by atoms with Crippen LogP contribution >= 0.6 is 11.3 Å². The van der Waals surface area contributed by atoms with E-state index in [0.717, 1.165) is 26.9 Å². The number of hydrogen-bond donors (Lipinski definition) is 4. The molecular weight excluding hydrogens is 570 g/mol. The van der Waals surface area contributed by atoms with Crippen LogP contribution in [0, 0.1) is 5.41 Å². The molecule has 2 fully saturated rings. The van der Waals surface area contributed by atoms with Gasteiger partial charge in [-0.25, -0.2) is 0 Å². The number of carbonyl (C=O) groups is 3. The third kappa shape index (κ3) is 5.87. The minimum atomic E-state index is -1.04. The van der Waals surface area contributed by atoms with Gasteiger partial charge in [0.2, 0.25) is 11.8 Å². The number of nitrogens with one attached hydrogen (secondary N) is 3. The molecule has 43 heavy (non-hydrogen) atoms. The maximum Gasteiger partial charge on any atom is 0.251 e. The van der Waals surface area contributed by atoms with Crippen LogP contribution in [0.15, 0.2) is 60.1 Å². The summed E-state index contributed by atoms with van der Waals surface area (Å²) in [5, 5.41) is 20.2. The number of amidine groups is 1. The van der Waals surface area contributed by atoms with Crippen LogP contribution in [0.5, 0.6) is 0 Å². The molecule has 2 saturated heterocycles. The van der Waals surface area contributed by atoms with Crippen molar-refractivity contribution < 1.29 is 23.9 Å². The number of amides is 3. The number of nitrogens with two attached hydrogens (primary N) is 1. The van der Waals surface area contributed by atoms with Crippen molar-refractivity contribution in [2.45, 2.75) is 24.8 Å². The second-order valence-electron chi connectivity index (χ2n) is 10.6. The summed E-state index contributed by atoms with van der Waals surface area (Å²) in [5.74, 6) is -2.25. The molecule has 222 valence electrons. The zero-order chi connectivity index (χ0) is 30.1. The van der Waals surface area contributed by atoms with Gasteiger partial charge in [0.05, 0.1) is 44.6 Å². The fourth-order valence-electron chi connectivity index (χ4n) is 5.46. The Morgan fingerprint density at radius 1 is 1.07 bits per heavy atom. The van der Waals surface area contributed by atoms with Gasteiger partial charge >= 0.3 is 0 Å². The lowest BCUT2D eigenvalue weighted by atomic mass is 10.0. The molecule has 0 radical (unpaired) electrons. The third-order valence-electron chi connectivity index (χ3n) is 7.76. The van der Waals surface area contributed by atoms with Gasteiger partial charge in [-0.1, -0.05) is 18.2 Å². The Morgan fingerprint density at radius 3 is 2.53 bits per heavy atom. The lowest BCUT2D eigenvalue weighted by Crippen LogP contribution is -2.49. The number of rotatable bonds is 8. The number of ether oxygens (including phenoxy) is 2. The van der Waals surface area contributed by atoms with Gasteiger partial charge in [-0.15, -0.1) is 11.3 Å². The maximum absolute atomic E-state index is 13.3. The number of carbonyl (C=O) groups excluding carboxylic acids is 3. The van der Waals surface area contributed by atoms with E-state index >= 15 is 0 Å². The highest BCUT2D eigenvalue weighted by molar-refractivity contribution is 7.10. The molecule has 2 aromatic heterocycles. The predicted molar refractivity (Wildman–Crippen MR) is 160 cm³/mol. The zero-order valence-electron chi connectivity index (χ0n) is 23.5. The van der Waals surface area contributed by atoms with E-state index in [0.29, 0.717) is 24.3 Å². The normalized spacial score (nSPS) is 17.4. The smallest absolute Gasteiger partial charge is 0.251 e. The summed E-state index contributed by atoms with van der Waals surface area (Å²) in [6.45, 7) is 0.783. The van der Waals surface area contributed by atoms with Gasteiger partial charge in [-0.05, 0) is 41.5 Å². The van der Waals surface area contributed by atoms with Gasteiger partial charge in [0.25, 0.3) is 5.91 Å². The lowest BCUT2D eigenvalue weighted by molar-refractivity contribution is -0.152. The number of benzene rings is 2. The molecule has 13 heteroatoms. The Balaban J connectivity index is 1.08. The highest BCUT2D eigenvalue weighted by Crippen LogP contribution is 2.35. The monoisotopic (exact) mass is 601 g/mol. The second-order valence-corrected chi connectivity index (χ2v) is 11.6. The Morgan fingerprint density at radius 2 is 1.81 bits per heavy atom. The summed E-state index contributed by atoms with van der Waals surface area (Å²) < 4.78 is 13.4. The van der Waals surface area contributed by atoms with Crippen LogP contribution in [0.25, 0.3) is 22.0 Å². The number of nitrogens with zero attached hydrogens (tertiary/aromatic N) is 3. The summed E-state index contributed by atoms with van der Waals surface area (Å²) >= 11 is 1.38. The first-order chi connectivity index (χ1) is 20.7. The third-order valence-corrected chi connectivity index (χ3v) is 8.69. The first-order valence-electron chi connectivity index (χ1n) is 13.8. The summed E-state index contributed by atoms with van der Waals surface area (Å²) in [7, 11) is 1.89. The fourth-order valence-corrected chi connectivity index (χ4v) is 6.29. The second kappa shape index (κ2) is 11.6. The number of aryl methyl sites for hydroxylation is 1. The molecule has 2 aliphatic heterocycles. The van der Waals surface area contributed by atoms with Crippen molar-refractivity contribution >= 4 is 45.8 Å². The van der Waals surface area contributed by atoms with E-state index in [1.165, 1.54) is 16.2 Å². The van der Waals surface area contributed by atoms with Crippen molar-refractivity contribution in [1.82, 2.24) is 25.3 Å². The molecule has 4 aromatic rings. The van der Waals surface area contributed by atoms with Crippen molar-refractivity contribution in [3.8, 4) is 11.1 Å². The average Bonchev–Trinajstić information content (AvgIpc) is 3.82. The van der Waals surface area contributed by atoms with Crippen molar-refractivity contribution in [3.63, 3.8) is 0 Å². The molecule has 3 amide bonds. The first-order valence-corrected chi connectivity index (χ1v) is 14.7. The Labute approximate surface area is 251 Å². The van der Waals surface area contributed by atoms with Crippen molar-refractivity contribution in [2.24, 2.45) is 12.8 Å². The number of thiophene rings is 1. The van der Waals surface area contributed by atoms with E-state index in [4.69, 9.17) is 20.6 Å². The highest BCUT2D eigenvalue weighted by atomic mass is 32.1. The van der Waals surface area contributed by atoms with Gasteiger partial charge < -0.3 is 30.7 Å². The molecule has 2 aromatic carbocycles. The van der Waals surface area contributed by atoms with E-state index in [-0.39, 0.29) is 37.8 Å². The highest BCUT2D eigenvalue weighted by Gasteiger charge is 2.52. The minimum absolute atomic E-state index is 0.0421. The molecule has 0 aliphatic carbocycles. The van der Waals surface area contributed by atoms with E-state index in [9.17, 15) is 14.4 Å².